The predicted molar refractivity (Wildman–Crippen MR) is 440 cm³/mol. The van der Waals surface area contributed by atoms with E-state index in [9.17, 15) is 4.79 Å². The lowest BCUT2D eigenvalue weighted by Gasteiger charge is -2.36. The Balaban J connectivity index is 1.01. The van der Waals surface area contributed by atoms with Gasteiger partial charge in [-0.15, -0.1) is 0 Å². The van der Waals surface area contributed by atoms with Gasteiger partial charge in [-0.1, -0.05) is 259 Å². The Morgan fingerprint density at radius 1 is 0.309 bits per heavy atom. The van der Waals surface area contributed by atoms with Crippen LogP contribution < -0.4 is 53.0 Å². The molecule has 4 unspecified atom stereocenters. The third-order valence-corrected chi connectivity index (χ3v) is 24.4. The van der Waals surface area contributed by atoms with Crippen LogP contribution in [0.1, 0.15) is 364 Å². The summed E-state index contributed by atoms with van der Waals surface area (Å²) in [7, 11) is 0. The second-order valence-electron chi connectivity index (χ2n) is 32.5. The van der Waals surface area contributed by atoms with Gasteiger partial charge in [0.05, 0.1) is 32.0 Å². The number of nitrogens with zero attached hydrogens (tertiary/aromatic N) is 1. The largest absolute Gasteiger partial charge is 0.487 e. The van der Waals surface area contributed by atoms with Crippen LogP contribution in [0, 0.1) is 6.92 Å². The Hall–Kier alpha value is -6.81. The van der Waals surface area contributed by atoms with E-state index < -0.39 is 5.63 Å². The molecule has 8 bridgehead atoms. The molecule has 1 aromatic heterocycles. The van der Waals surface area contributed by atoms with E-state index in [1.54, 1.807) is 0 Å². The van der Waals surface area contributed by atoms with E-state index in [0.717, 1.165) is 140 Å². The first kappa shape index (κ1) is 82.6. The topological polar surface area (TPSA) is 144 Å². The van der Waals surface area contributed by atoms with Crippen LogP contribution in [-0.2, 0) is 16.0 Å². The van der Waals surface area contributed by atoms with Crippen molar-refractivity contribution in [2.75, 3.05) is 79.9 Å². The van der Waals surface area contributed by atoms with Gasteiger partial charge < -0.3 is 61.3 Å². The number of benzene rings is 5. The minimum absolute atomic E-state index is 0.0246. The zero-order chi connectivity index (χ0) is 75.9. The molecule has 6 aromatic rings. The van der Waals surface area contributed by atoms with Crippen molar-refractivity contribution in [2.45, 2.75) is 322 Å². The van der Waals surface area contributed by atoms with Gasteiger partial charge in [0.1, 0.15) is 59.2 Å². The Morgan fingerprint density at radius 2 is 0.627 bits per heavy atom. The van der Waals surface area contributed by atoms with Gasteiger partial charge in [-0.25, -0.2) is 4.79 Å². The molecule has 1 aliphatic carbocycles. The van der Waals surface area contributed by atoms with E-state index in [1.807, 2.05) is 19.1 Å². The van der Waals surface area contributed by atoms with E-state index in [1.165, 1.54) is 230 Å². The standard InChI is InChI=1S/C95H135NO14/c1-6-10-14-18-22-26-30-34-38-42-71-75-57-76-72(43-39-35-31-27-23-19-15-11-7-2)78-59-80-74(45-41-37-33-29-25-21-17-13-9-4)82-60-81-73(44-40-36-32-28-24-20-16-12-8-3)79-58-77(71)87-62-89(79)106-67-108-92(81)83(93(82)109-68-107-90(80)63-88(78)105-66-103-86(76)61-85(75)102-65-104-87)64-96-48-50-98-52-54-100-84-47-46-70-69(5)56-91(97)110-94(70)95(84)101-55-53-99-51-49-96/h46-47,56-63,71-74H,6-45,48-55,64-68H2,1-5H3. The molecule has 0 N–H and O–H groups in total. The molecule has 4 atom stereocenters. The predicted octanol–water partition coefficient (Wildman–Crippen LogP) is 24.8. The van der Waals surface area contributed by atoms with Gasteiger partial charge >= 0.3 is 5.63 Å². The van der Waals surface area contributed by atoms with Crippen LogP contribution in [0.3, 0.4) is 0 Å². The maximum atomic E-state index is 12.8. The summed E-state index contributed by atoms with van der Waals surface area (Å²) in [5, 5.41) is 0.789. The highest BCUT2D eigenvalue weighted by Crippen LogP contribution is 2.57. The maximum Gasteiger partial charge on any atom is 0.336 e. The molecule has 15 nitrogen and oxygen atoms in total. The number of hydrogen-bond donors (Lipinski definition) is 0. The van der Waals surface area contributed by atoms with E-state index in [0.29, 0.717) is 63.1 Å². The molecule has 0 fully saturated rings. The van der Waals surface area contributed by atoms with Crippen LogP contribution >= 0.6 is 0 Å². The lowest BCUT2D eigenvalue weighted by molar-refractivity contribution is 0.0551. The SMILES string of the molecule is CCCCCCCCCCCC1c2cc3c4cc2OCOc2cc5c(cc21)C(CCCCCCCCCCC)c1cc2c(c(CN6CCOCCOc7ccc8c(C)cc(=O)oc8c7OCCOCC6)c1OCO5)OCOc1cc(c(cc1C2CCCCCCCCCCC)C3CCCCCCCCCCC)OCO4. The number of rotatable bonds is 42. The number of ether oxygens (including phenoxy) is 12. The van der Waals surface area contributed by atoms with Crippen LogP contribution in [0.15, 0.2) is 69.9 Å². The Kier molecular flexibility index (Phi) is 33.5. The molecule has 5 aromatic carbocycles. The Labute approximate surface area is 659 Å². The molecule has 12 rings (SSSR count). The van der Waals surface area contributed by atoms with Crippen LogP contribution in [-0.4, -0.2) is 84.8 Å². The molecular weight excluding hydrogens is 1380 g/mol. The number of unbranched alkanes of at least 4 members (excludes halogenated alkanes) is 32. The Morgan fingerprint density at radius 3 is 0.991 bits per heavy atom. The molecule has 15 heteroatoms. The summed E-state index contributed by atoms with van der Waals surface area (Å²) < 4.78 is 88.6. The van der Waals surface area contributed by atoms with Crippen LogP contribution in [0.5, 0.6) is 57.5 Å². The van der Waals surface area contributed by atoms with Gasteiger partial charge in [0.2, 0.25) is 32.9 Å². The van der Waals surface area contributed by atoms with Gasteiger partial charge in [-0.3, -0.25) is 4.90 Å². The highest BCUT2D eigenvalue weighted by Gasteiger charge is 2.39. The summed E-state index contributed by atoms with van der Waals surface area (Å²) in [6, 6.07) is 22.0. The van der Waals surface area contributed by atoms with Crippen LogP contribution in [0.25, 0.3) is 11.0 Å². The first-order valence-corrected chi connectivity index (χ1v) is 44.3. The molecule has 0 amide bonds. The molecule has 110 heavy (non-hydrogen) atoms. The van der Waals surface area contributed by atoms with Crippen molar-refractivity contribution in [1.29, 1.82) is 0 Å². The second kappa shape index (κ2) is 44.6. The zero-order valence-corrected chi connectivity index (χ0v) is 68.2. The molecule has 5 aliphatic heterocycles. The van der Waals surface area contributed by atoms with Crippen molar-refractivity contribution in [1.82, 2.24) is 4.90 Å². The molecule has 0 saturated carbocycles. The van der Waals surface area contributed by atoms with Crippen molar-refractivity contribution < 1.29 is 61.3 Å². The van der Waals surface area contributed by atoms with Crippen molar-refractivity contribution in [3.8, 4) is 57.5 Å². The minimum Gasteiger partial charge on any atom is -0.487 e. The van der Waals surface area contributed by atoms with Gasteiger partial charge in [0, 0.05) is 117 Å². The highest BCUT2D eigenvalue weighted by atomic mass is 16.7. The fourth-order valence-corrected chi connectivity index (χ4v) is 18.2. The first-order valence-electron chi connectivity index (χ1n) is 44.3. The summed E-state index contributed by atoms with van der Waals surface area (Å²) in [6.07, 6.45) is 48.2. The number of hydrogen-bond acceptors (Lipinski definition) is 15. The molecule has 604 valence electrons. The van der Waals surface area contributed by atoms with Crippen molar-refractivity contribution in [2.24, 2.45) is 0 Å². The van der Waals surface area contributed by atoms with E-state index in [4.69, 9.17) is 61.3 Å². The van der Waals surface area contributed by atoms with Crippen molar-refractivity contribution in [3.05, 3.63) is 127 Å². The molecule has 0 radical (unpaired) electrons. The maximum absolute atomic E-state index is 12.8. The normalized spacial score (nSPS) is 18.1. The van der Waals surface area contributed by atoms with E-state index in [2.05, 4.69) is 75.1 Å². The summed E-state index contributed by atoms with van der Waals surface area (Å²) in [5.41, 5.74) is 11.2. The van der Waals surface area contributed by atoms with Gasteiger partial charge in [-0.05, 0) is 74.6 Å². The fraction of sp³-hybridized carbons (Fsp3) is 0.653. The lowest BCUT2D eigenvalue weighted by Crippen LogP contribution is -2.32. The summed E-state index contributed by atoms with van der Waals surface area (Å²) in [4.78, 5) is 15.2. The third-order valence-electron chi connectivity index (χ3n) is 24.4. The average molecular weight is 1520 g/mol. The smallest absolute Gasteiger partial charge is 0.336 e. The van der Waals surface area contributed by atoms with Crippen LogP contribution in [0.2, 0.25) is 0 Å². The monoisotopic (exact) mass is 1510 g/mol. The molecule has 6 heterocycles. The minimum atomic E-state index is -0.441. The van der Waals surface area contributed by atoms with Crippen molar-refractivity contribution in [3.63, 3.8) is 0 Å². The summed E-state index contributed by atoms with van der Waals surface area (Å²) >= 11 is 0. The van der Waals surface area contributed by atoms with Gasteiger partial charge in [0.25, 0.3) is 0 Å². The zero-order valence-electron chi connectivity index (χ0n) is 68.2. The third kappa shape index (κ3) is 22.6. The summed E-state index contributed by atoms with van der Waals surface area (Å²) in [5.74, 6) is 6.92. The van der Waals surface area contributed by atoms with E-state index >= 15 is 0 Å². The first-order chi connectivity index (χ1) is 54.3. The van der Waals surface area contributed by atoms with Gasteiger partial charge in [-0.2, -0.15) is 0 Å². The number of fused-ring (bicyclic) bond motifs is 3. The second-order valence-corrected chi connectivity index (χ2v) is 32.5. The van der Waals surface area contributed by atoms with Crippen LogP contribution in [0.4, 0.5) is 0 Å². The molecule has 0 saturated heterocycles. The average Bonchev–Trinajstić information content (AvgIpc) is 0.732. The molecule has 6 aliphatic rings. The van der Waals surface area contributed by atoms with Crippen molar-refractivity contribution >= 4 is 11.0 Å². The van der Waals surface area contributed by atoms with Gasteiger partial charge in [0.15, 0.2) is 11.3 Å². The Bertz CT molecular complexity index is 3670. The fourth-order valence-electron chi connectivity index (χ4n) is 18.2. The highest BCUT2D eigenvalue weighted by molar-refractivity contribution is 5.87. The van der Waals surface area contributed by atoms with E-state index in [-0.39, 0.29) is 64.1 Å². The summed E-state index contributed by atoms with van der Waals surface area (Å²) in [6.45, 7) is 14.7. The molecular formula is C95H135NO14. The lowest BCUT2D eigenvalue weighted by atomic mass is 9.75. The molecule has 0 spiro atoms. The number of aryl methyl sites for hydroxylation is 1. The quantitative estimate of drug-likeness (QED) is 0.0265.